The van der Waals surface area contributed by atoms with Gasteiger partial charge in [0.2, 0.25) is 0 Å². The molecule has 3 nitrogen and oxygen atoms in total. The molecule has 1 aromatic rings. The number of rotatable bonds is 6. The fourth-order valence-corrected chi connectivity index (χ4v) is 3.03. The van der Waals surface area contributed by atoms with Crippen molar-refractivity contribution in [2.45, 2.75) is 64.5 Å². The number of hydrogen-bond donors (Lipinski definition) is 1. The highest BCUT2D eigenvalue weighted by atomic mass is 15.1. The highest BCUT2D eigenvalue weighted by molar-refractivity contribution is 5.46. The summed E-state index contributed by atoms with van der Waals surface area (Å²) in [6.45, 7) is 4.13. The van der Waals surface area contributed by atoms with Crippen LogP contribution in [-0.2, 0) is 6.54 Å². The third kappa shape index (κ3) is 4.48. The molecular formula is C17H29N3. The molecule has 1 heterocycles. The van der Waals surface area contributed by atoms with E-state index in [1.807, 2.05) is 6.20 Å². The van der Waals surface area contributed by atoms with Crippen molar-refractivity contribution < 1.29 is 0 Å². The van der Waals surface area contributed by atoms with Crippen LogP contribution in [0.25, 0.3) is 0 Å². The van der Waals surface area contributed by atoms with Gasteiger partial charge in [-0.25, -0.2) is 0 Å². The van der Waals surface area contributed by atoms with Gasteiger partial charge in [0.15, 0.2) is 0 Å². The molecule has 1 aromatic heterocycles. The van der Waals surface area contributed by atoms with E-state index in [4.69, 9.17) is 0 Å². The molecule has 0 saturated heterocycles. The average molecular weight is 275 g/mol. The summed E-state index contributed by atoms with van der Waals surface area (Å²) in [6, 6.07) is 5.10. The number of nitrogens with zero attached hydrogens (tertiary/aromatic N) is 2. The second kappa shape index (κ2) is 8.25. The molecule has 1 aliphatic rings. The third-order valence-corrected chi connectivity index (χ3v) is 4.31. The third-order valence-electron chi connectivity index (χ3n) is 4.31. The first-order valence-corrected chi connectivity index (χ1v) is 8.19. The van der Waals surface area contributed by atoms with Gasteiger partial charge < -0.3 is 10.2 Å². The van der Waals surface area contributed by atoms with Gasteiger partial charge >= 0.3 is 0 Å². The zero-order valence-electron chi connectivity index (χ0n) is 13.1. The van der Waals surface area contributed by atoms with Crippen LogP contribution in [0.4, 0.5) is 5.69 Å². The average Bonchev–Trinajstić information content (AvgIpc) is 2.76. The van der Waals surface area contributed by atoms with Crippen molar-refractivity contribution in [3.63, 3.8) is 0 Å². The Labute approximate surface area is 123 Å². The van der Waals surface area contributed by atoms with E-state index in [2.05, 4.69) is 41.3 Å². The van der Waals surface area contributed by atoms with Crippen molar-refractivity contribution in [2.75, 3.05) is 18.5 Å². The second-order valence-corrected chi connectivity index (χ2v) is 5.94. The van der Waals surface area contributed by atoms with Crippen molar-refractivity contribution in [1.29, 1.82) is 0 Å². The van der Waals surface area contributed by atoms with Crippen LogP contribution in [0.3, 0.4) is 0 Å². The molecule has 1 aliphatic carbocycles. The number of aromatic nitrogens is 1. The van der Waals surface area contributed by atoms with E-state index in [0.717, 1.165) is 18.8 Å². The lowest BCUT2D eigenvalue weighted by atomic mass is 10.1. The largest absolute Gasteiger partial charge is 0.372 e. The Morgan fingerprint density at radius 2 is 2.00 bits per heavy atom. The minimum Gasteiger partial charge on any atom is -0.372 e. The Balaban J connectivity index is 1.97. The summed E-state index contributed by atoms with van der Waals surface area (Å²) in [5.74, 6) is 0. The van der Waals surface area contributed by atoms with Crippen LogP contribution in [0, 0.1) is 0 Å². The van der Waals surface area contributed by atoms with Crippen LogP contribution in [0.5, 0.6) is 0 Å². The normalized spacial score (nSPS) is 16.9. The molecule has 0 spiro atoms. The van der Waals surface area contributed by atoms with Crippen molar-refractivity contribution in [2.24, 2.45) is 0 Å². The monoisotopic (exact) mass is 275 g/mol. The summed E-state index contributed by atoms with van der Waals surface area (Å²) in [6.07, 6.45) is 11.4. The fourth-order valence-electron chi connectivity index (χ4n) is 3.03. The molecule has 1 N–H and O–H groups in total. The van der Waals surface area contributed by atoms with E-state index in [1.165, 1.54) is 50.6 Å². The van der Waals surface area contributed by atoms with Gasteiger partial charge in [0.25, 0.3) is 0 Å². The minimum atomic E-state index is 0.705. The van der Waals surface area contributed by atoms with Crippen LogP contribution in [0.1, 0.15) is 57.6 Å². The number of pyridine rings is 1. The van der Waals surface area contributed by atoms with Crippen molar-refractivity contribution in [3.05, 3.63) is 24.0 Å². The molecule has 0 aliphatic heterocycles. The van der Waals surface area contributed by atoms with E-state index in [9.17, 15) is 0 Å². The molecule has 1 fully saturated rings. The minimum absolute atomic E-state index is 0.705. The zero-order valence-corrected chi connectivity index (χ0v) is 13.1. The number of hydrogen-bond acceptors (Lipinski definition) is 3. The molecule has 0 amide bonds. The second-order valence-electron chi connectivity index (χ2n) is 5.94. The van der Waals surface area contributed by atoms with Crippen LogP contribution >= 0.6 is 0 Å². The van der Waals surface area contributed by atoms with E-state index in [1.54, 1.807) is 0 Å². The predicted octanol–water partition coefficient (Wildman–Crippen LogP) is 3.74. The Bertz CT molecular complexity index is 384. The Kier molecular flexibility index (Phi) is 6.31. The molecule has 0 radical (unpaired) electrons. The van der Waals surface area contributed by atoms with Gasteiger partial charge in [0.1, 0.15) is 0 Å². The van der Waals surface area contributed by atoms with E-state index >= 15 is 0 Å². The van der Waals surface area contributed by atoms with Crippen molar-refractivity contribution in [1.82, 2.24) is 10.3 Å². The summed E-state index contributed by atoms with van der Waals surface area (Å²) in [5, 5.41) is 3.43. The molecule has 0 unspecified atom stereocenters. The molecule has 1 saturated carbocycles. The summed E-state index contributed by atoms with van der Waals surface area (Å²) in [5.41, 5.74) is 2.47. The van der Waals surface area contributed by atoms with Gasteiger partial charge in [-0.2, -0.15) is 0 Å². The van der Waals surface area contributed by atoms with E-state index in [0.29, 0.717) is 6.04 Å². The van der Waals surface area contributed by atoms with Crippen molar-refractivity contribution in [3.8, 4) is 0 Å². The van der Waals surface area contributed by atoms with Gasteiger partial charge in [0.05, 0.1) is 5.69 Å². The summed E-state index contributed by atoms with van der Waals surface area (Å²) < 4.78 is 0. The Hall–Kier alpha value is -1.09. The summed E-state index contributed by atoms with van der Waals surface area (Å²) in [4.78, 5) is 6.94. The Morgan fingerprint density at radius 1 is 1.25 bits per heavy atom. The maximum atomic E-state index is 4.47. The lowest BCUT2D eigenvalue weighted by Crippen LogP contribution is -2.31. The SMILES string of the molecule is CCCNCc1cc(N(C)C2CCCCCC2)ccn1. The number of anilines is 1. The predicted molar refractivity (Wildman–Crippen MR) is 86.1 cm³/mol. The quantitative estimate of drug-likeness (QED) is 0.633. The van der Waals surface area contributed by atoms with Gasteiger partial charge in [-0.15, -0.1) is 0 Å². The fraction of sp³-hybridized carbons (Fsp3) is 0.706. The van der Waals surface area contributed by atoms with Gasteiger partial charge in [0, 0.05) is 31.5 Å². The van der Waals surface area contributed by atoms with Crippen molar-refractivity contribution >= 4 is 5.69 Å². The number of nitrogens with one attached hydrogen (secondary N) is 1. The van der Waals surface area contributed by atoms with E-state index < -0.39 is 0 Å². The topological polar surface area (TPSA) is 28.2 Å². The molecule has 112 valence electrons. The molecule has 0 bridgehead atoms. The Morgan fingerprint density at radius 3 is 2.70 bits per heavy atom. The lowest BCUT2D eigenvalue weighted by Gasteiger charge is -2.29. The summed E-state index contributed by atoms with van der Waals surface area (Å²) >= 11 is 0. The molecule has 20 heavy (non-hydrogen) atoms. The smallest absolute Gasteiger partial charge is 0.0562 e. The first kappa shape index (κ1) is 15.3. The van der Waals surface area contributed by atoms with Crippen LogP contribution in [0.2, 0.25) is 0 Å². The van der Waals surface area contributed by atoms with Crippen LogP contribution < -0.4 is 10.2 Å². The molecule has 3 heteroatoms. The first-order chi connectivity index (χ1) is 9.81. The molecule has 0 atom stereocenters. The standard InChI is InChI=1S/C17H29N3/c1-3-11-18-14-15-13-17(10-12-19-15)20(2)16-8-6-4-5-7-9-16/h10,12-13,16,18H,3-9,11,14H2,1-2H3. The summed E-state index contributed by atoms with van der Waals surface area (Å²) in [7, 11) is 2.24. The van der Waals surface area contributed by atoms with Gasteiger partial charge in [-0.3, -0.25) is 4.98 Å². The van der Waals surface area contributed by atoms with Gasteiger partial charge in [-0.1, -0.05) is 32.6 Å². The van der Waals surface area contributed by atoms with Crippen LogP contribution in [0.15, 0.2) is 18.3 Å². The first-order valence-electron chi connectivity index (χ1n) is 8.19. The highest BCUT2D eigenvalue weighted by Gasteiger charge is 2.17. The maximum Gasteiger partial charge on any atom is 0.0562 e. The molecule has 0 aromatic carbocycles. The molecule has 2 rings (SSSR count). The zero-order chi connectivity index (χ0) is 14.2. The lowest BCUT2D eigenvalue weighted by molar-refractivity contribution is 0.552. The van der Waals surface area contributed by atoms with E-state index in [-0.39, 0.29) is 0 Å². The van der Waals surface area contributed by atoms with Crippen LogP contribution in [-0.4, -0.2) is 24.6 Å². The highest BCUT2D eigenvalue weighted by Crippen LogP contribution is 2.25. The maximum absolute atomic E-state index is 4.47. The molecular weight excluding hydrogens is 246 g/mol. The van der Waals surface area contributed by atoms with Gasteiger partial charge in [-0.05, 0) is 37.9 Å².